The summed E-state index contributed by atoms with van der Waals surface area (Å²) < 4.78 is 0.923. The van der Waals surface area contributed by atoms with Crippen LogP contribution in [0.15, 0.2) is 83.3 Å². The monoisotopic (exact) mass is 540 g/mol. The van der Waals surface area contributed by atoms with Crippen molar-refractivity contribution in [3.05, 3.63) is 105 Å². The van der Waals surface area contributed by atoms with Gasteiger partial charge in [0.15, 0.2) is 0 Å². The molecule has 2 amide bonds. The number of hydrogen-bond acceptors (Lipinski definition) is 2. The molecule has 178 valence electrons. The minimum atomic E-state index is -0.662. The lowest BCUT2D eigenvalue weighted by Crippen LogP contribution is -2.52. The van der Waals surface area contributed by atoms with Crippen LogP contribution in [0.3, 0.4) is 0 Å². The molecule has 0 aliphatic heterocycles. The molecule has 0 unspecified atom stereocenters. The molecule has 1 N–H and O–H groups in total. The molecular weight excluding hydrogens is 512 g/mol. The first-order chi connectivity index (χ1) is 16.4. The average Bonchev–Trinajstić information content (AvgIpc) is 2.83. The van der Waals surface area contributed by atoms with Crippen LogP contribution in [0.4, 0.5) is 0 Å². The summed E-state index contributed by atoms with van der Waals surface area (Å²) in [6.07, 6.45) is 1.35. The van der Waals surface area contributed by atoms with Crippen molar-refractivity contribution in [2.24, 2.45) is 0 Å². The van der Waals surface area contributed by atoms with Crippen molar-refractivity contribution in [3.8, 4) is 0 Å². The summed E-state index contributed by atoms with van der Waals surface area (Å²) >= 11 is 9.87. The molecule has 0 aliphatic rings. The van der Waals surface area contributed by atoms with Crippen LogP contribution < -0.4 is 5.32 Å². The van der Waals surface area contributed by atoms with Gasteiger partial charge in [-0.3, -0.25) is 9.59 Å². The molecular formula is C28H30BrClN2O2. The number of nitrogens with zero attached hydrogens (tertiary/aromatic N) is 1. The fourth-order valence-corrected chi connectivity index (χ4v) is 4.38. The van der Waals surface area contributed by atoms with Gasteiger partial charge in [0.2, 0.25) is 11.8 Å². The Kier molecular flexibility index (Phi) is 9.73. The molecule has 0 heterocycles. The second-order valence-corrected chi connectivity index (χ2v) is 9.77. The predicted molar refractivity (Wildman–Crippen MR) is 142 cm³/mol. The predicted octanol–water partition coefficient (Wildman–Crippen LogP) is 6.20. The first-order valence-corrected chi connectivity index (χ1v) is 12.7. The van der Waals surface area contributed by atoms with Crippen molar-refractivity contribution in [2.75, 3.05) is 0 Å². The van der Waals surface area contributed by atoms with Crippen molar-refractivity contribution in [2.45, 2.75) is 51.7 Å². The van der Waals surface area contributed by atoms with E-state index >= 15 is 0 Å². The van der Waals surface area contributed by atoms with Crippen LogP contribution in [0.2, 0.25) is 5.02 Å². The highest BCUT2D eigenvalue weighted by Crippen LogP contribution is 2.21. The number of rotatable bonds is 10. The van der Waals surface area contributed by atoms with Gasteiger partial charge in [0.1, 0.15) is 6.04 Å². The highest BCUT2D eigenvalue weighted by Gasteiger charge is 2.31. The third-order valence-corrected chi connectivity index (χ3v) is 6.68. The molecule has 0 aromatic heterocycles. The maximum absolute atomic E-state index is 13.7. The van der Waals surface area contributed by atoms with Crippen LogP contribution in [-0.2, 0) is 29.0 Å². The Balaban J connectivity index is 1.98. The molecule has 0 spiro atoms. The van der Waals surface area contributed by atoms with Gasteiger partial charge >= 0.3 is 0 Å². The fourth-order valence-electron chi connectivity index (χ4n) is 3.73. The van der Waals surface area contributed by atoms with Gasteiger partial charge in [0, 0.05) is 28.5 Å². The van der Waals surface area contributed by atoms with Crippen LogP contribution in [0, 0.1) is 0 Å². The van der Waals surface area contributed by atoms with Gasteiger partial charge in [0.25, 0.3) is 0 Å². The average molecular weight is 542 g/mol. The summed E-state index contributed by atoms with van der Waals surface area (Å²) in [5.74, 6) is -0.297. The van der Waals surface area contributed by atoms with Gasteiger partial charge in [-0.25, -0.2) is 0 Å². The first-order valence-electron chi connectivity index (χ1n) is 11.5. The molecule has 2 atom stereocenters. The second-order valence-electron chi connectivity index (χ2n) is 8.44. The van der Waals surface area contributed by atoms with Crippen molar-refractivity contribution in [1.29, 1.82) is 0 Å². The Labute approximate surface area is 215 Å². The van der Waals surface area contributed by atoms with E-state index < -0.39 is 6.04 Å². The zero-order valence-corrected chi connectivity index (χ0v) is 21.9. The molecule has 4 nitrogen and oxygen atoms in total. The molecule has 3 aromatic carbocycles. The Bertz CT molecular complexity index is 1110. The Morgan fingerprint density at radius 3 is 2.32 bits per heavy atom. The van der Waals surface area contributed by atoms with Gasteiger partial charge in [0.05, 0.1) is 6.42 Å². The molecule has 0 bridgehead atoms. The third kappa shape index (κ3) is 7.44. The number of halogens is 2. The van der Waals surface area contributed by atoms with Gasteiger partial charge in [-0.15, -0.1) is 0 Å². The molecule has 0 saturated carbocycles. The van der Waals surface area contributed by atoms with Gasteiger partial charge in [-0.05, 0) is 48.2 Å². The normalized spacial score (nSPS) is 12.6. The fraction of sp³-hybridized carbons (Fsp3) is 0.286. The lowest BCUT2D eigenvalue weighted by molar-refractivity contribution is -0.141. The van der Waals surface area contributed by atoms with Crippen LogP contribution in [0.5, 0.6) is 0 Å². The van der Waals surface area contributed by atoms with E-state index in [1.807, 2.05) is 86.6 Å². The van der Waals surface area contributed by atoms with E-state index in [1.54, 1.807) is 11.0 Å². The third-order valence-electron chi connectivity index (χ3n) is 5.81. The van der Waals surface area contributed by atoms with E-state index in [0.29, 0.717) is 18.0 Å². The number of benzene rings is 3. The second kappa shape index (κ2) is 12.7. The minimum Gasteiger partial charge on any atom is -0.352 e. The van der Waals surface area contributed by atoms with E-state index in [9.17, 15) is 9.59 Å². The number of nitrogens with one attached hydrogen (secondary N) is 1. The highest BCUT2D eigenvalue weighted by atomic mass is 79.9. The summed E-state index contributed by atoms with van der Waals surface area (Å²) in [4.78, 5) is 28.9. The van der Waals surface area contributed by atoms with Crippen molar-refractivity contribution < 1.29 is 9.59 Å². The van der Waals surface area contributed by atoms with Gasteiger partial charge in [-0.2, -0.15) is 0 Å². The molecule has 0 aliphatic carbocycles. The molecule has 34 heavy (non-hydrogen) atoms. The minimum absolute atomic E-state index is 0.0113. The first kappa shape index (κ1) is 26.0. The van der Waals surface area contributed by atoms with Crippen molar-refractivity contribution in [3.63, 3.8) is 0 Å². The Morgan fingerprint density at radius 2 is 1.65 bits per heavy atom. The van der Waals surface area contributed by atoms with E-state index in [-0.39, 0.29) is 24.3 Å². The van der Waals surface area contributed by atoms with Crippen LogP contribution in [0.25, 0.3) is 0 Å². The summed E-state index contributed by atoms with van der Waals surface area (Å²) in [5, 5.41) is 3.63. The molecule has 6 heteroatoms. The molecule has 0 radical (unpaired) electrons. The Morgan fingerprint density at radius 1 is 0.971 bits per heavy atom. The summed E-state index contributed by atoms with van der Waals surface area (Å²) in [6.45, 7) is 4.31. The summed E-state index contributed by atoms with van der Waals surface area (Å²) in [6, 6.07) is 24.3. The number of hydrogen-bond donors (Lipinski definition) is 1. The smallest absolute Gasteiger partial charge is 0.243 e. The maximum Gasteiger partial charge on any atom is 0.243 e. The van der Waals surface area contributed by atoms with E-state index in [1.165, 1.54) is 0 Å². The van der Waals surface area contributed by atoms with E-state index in [4.69, 9.17) is 11.6 Å². The summed E-state index contributed by atoms with van der Waals surface area (Å²) in [5.41, 5.74) is 2.68. The zero-order valence-electron chi connectivity index (χ0n) is 19.5. The highest BCUT2D eigenvalue weighted by molar-refractivity contribution is 9.10. The standard InChI is InChI=1S/C28H30BrClN2O2/c1-3-20(2)31-28(34)26(17-21-10-5-4-6-11-21)32(19-22-12-9-14-24(29)16-22)27(33)18-23-13-7-8-15-25(23)30/h4-16,20,26H,3,17-19H2,1-2H3,(H,31,34)/t20-,26+/m1/s1. The Hall–Kier alpha value is -2.63. The lowest BCUT2D eigenvalue weighted by Gasteiger charge is -2.32. The lowest BCUT2D eigenvalue weighted by atomic mass is 10.0. The molecule has 3 aromatic rings. The zero-order chi connectivity index (χ0) is 24.5. The van der Waals surface area contributed by atoms with Crippen LogP contribution in [-0.4, -0.2) is 28.8 Å². The topological polar surface area (TPSA) is 49.4 Å². The van der Waals surface area contributed by atoms with Crippen molar-refractivity contribution >= 4 is 39.3 Å². The van der Waals surface area contributed by atoms with Crippen LogP contribution >= 0.6 is 27.5 Å². The number of amides is 2. The van der Waals surface area contributed by atoms with Gasteiger partial charge in [-0.1, -0.05) is 95.1 Å². The number of carbonyl (C=O) groups excluding carboxylic acids is 2. The van der Waals surface area contributed by atoms with Crippen molar-refractivity contribution in [1.82, 2.24) is 10.2 Å². The molecule has 0 fully saturated rings. The number of carbonyl (C=O) groups is 2. The van der Waals surface area contributed by atoms with Gasteiger partial charge < -0.3 is 10.2 Å². The quantitative estimate of drug-likeness (QED) is 0.332. The van der Waals surface area contributed by atoms with E-state index in [2.05, 4.69) is 21.2 Å². The van der Waals surface area contributed by atoms with Crippen LogP contribution in [0.1, 0.15) is 37.0 Å². The largest absolute Gasteiger partial charge is 0.352 e. The summed E-state index contributed by atoms with van der Waals surface area (Å²) in [7, 11) is 0. The maximum atomic E-state index is 13.7. The molecule has 3 rings (SSSR count). The molecule has 0 saturated heterocycles. The van der Waals surface area contributed by atoms with E-state index in [0.717, 1.165) is 27.6 Å². The SMILES string of the molecule is CC[C@@H](C)NC(=O)[C@H](Cc1ccccc1)N(Cc1cccc(Br)c1)C(=O)Cc1ccccc1Cl.